The fourth-order valence-electron chi connectivity index (χ4n) is 8.97. The first kappa shape index (κ1) is 43.4. The number of ether oxygens (including phenoxy) is 7. The first-order valence-electron chi connectivity index (χ1n) is 19.8. The average molecular weight is 820 g/mol. The normalized spacial score (nSPS) is 22.8. The highest BCUT2D eigenvalue weighted by molar-refractivity contribution is 5.91. The van der Waals surface area contributed by atoms with Crippen molar-refractivity contribution in [2.45, 2.75) is 63.5 Å². The van der Waals surface area contributed by atoms with Crippen LogP contribution in [0.3, 0.4) is 0 Å². The van der Waals surface area contributed by atoms with E-state index in [0.29, 0.717) is 41.8 Å². The molecule has 0 spiro atoms. The van der Waals surface area contributed by atoms with Crippen LogP contribution in [-0.2, 0) is 25.4 Å². The number of aromatic nitrogens is 1. The first-order chi connectivity index (χ1) is 28.3. The number of carbonyl (C=O) groups is 2. The van der Waals surface area contributed by atoms with Gasteiger partial charge in [0.1, 0.15) is 18.0 Å². The van der Waals surface area contributed by atoms with Crippen molar-refractivity contribution in [2.75, 3.05) is 62.3 Å². The summed E-state index contributed by atoms with van der Waals surface area (Å²) in [6.07, 6.45) is 0.238. The van der Waals surface area contributed by atoms with Crippen LogP contribution in [0.5, 0.6) is 34.5 Å². The second-order valence-electron chi connectivity index (χ2n) is 15.5. The predicted molar refractivity (Wildman–Crippen MR) is 219 cm³/mol. The first-order valence-corrected chi connectivity index (χ1v) is 19.8. The number of H-pyrrole nitrogens is 1. The molecular formula is C44H57N3O12. The molecule has 2 aliphatic heterocycles. The number of rotatable bonds is 12. The number of hydrogen-bond donors (Lipinski definition) is 5. The van der Waals surface area contributed by atoms with Crippen LogP contribution in [0.1, 0.15) is 66.0 Å². The van der Waals surface area contributed by atoms with Gasteiger partial charge in [-0.15, -0.1) is 0 Å². The molecule has 3 aromatic carbocycles. The van der Waals surface area contributed by atoms with E-state index < -0.39 is 30.2 Å². The number of benzene rings is 3. The zero-order valence-corrected chi connectivity index (χ0v) is 34.9. The van der Waals surface area contributed by atoms with Crippen molar-refractivity contribution in [3.63, 3.8) is 0 Å². The van der Waals surface area contributed by atoms with E-state index in [4.69, 9.17) is 38.3 Å². The molecule has 1 saturated carbocycles. The summed E-state index contributed by atoms with van der Waals surface area (Å²) in [5.74, 6) is 0.0507. The minimum Gasteiger partial charge on any atom is -0.504 e. The van der Waals surface area contributed by atoms with Gasteiger partial charge in [0, 0.05) is 55.4 Å². The molecule has 5 N–H and O–H groups in total. The monoisotopic (exact) mass is 819 g/mol. The second kappa shape index (κ2) is 18.8. The third-order valence-electron chi connectivity index (χ3n) is 11.9. The van der Waals surface area contributed by atoms with Crippen molar-refractivity contribution in [2.24, 2.45) is 17.8 Å². The van der Waals surface area contributed by atoms with E-state index in [1.54, 1.807) is 32.4 Å². The summed E-state index contributed by atoms with van der Waals surface area (Å²) in [4.78, 5) is 33.1. The van der Waals surface area contributed by atoms with E-state index in [2.05, 4.69) is 21.3 Å². The quantitative estimate of drug-likeness (QED) is 0.0915. The summed E-state index contributed by atoms with van der Waals surface area (Å²) < 4.78 is 39.1. The fourth-order valence-corrected chi connectivity index (χ4v) is 8.97. The number of phenolic OH excluding ortho intramolecular Hbond substituents is 2. The van der Waals surface area contributed by atoms with Gasteiger partial charge in [0.05, 0.1) is 59.2 Å². The molecule has 15 nitrogen and oxygen atoms in total. The Hall–Kier alpha value is -5.22. The number of aromatic hydroxyl groups is 2. The number of aliphatic hydroxyl groups excluding tert-OH is 1. The van der Waals surface area contributed by atoms with Gasteiger partial charge >= 0.3 is 11.9 Å². The number of phenols is 2. The van der Waals surface area contributed by atoms with Crippen LogP contribution < -0.4 is 24.3 Å². The summed E-state index contributed by atoms with van der Waals surface area (Å²) >= 11 is 0. The molecule has 15 heteroatoms. The van der Waals surface area contributed by atoms with Gasteiger partial charge < -0.3 is 58.8 Å². The maximum atomic E-state index is 13.5. The van der Waals surface area contributed by atoms with Crippen molar-refractivity contribution in [3.8, 4) is 34.5 Å². The van der Waals surface area contributed by atoms with Crippen molar-refractivity contribution < 1.29 is 58.1 Å². The van der Waals surface area contributed by atoms with Gasteiger partial charge in [-0.2, -0.15) is 0 Å². The van der Waals surface area contributed by atoms with Crippen molar-refractivity contribution in [1.29, 1.82) is 0 Å². The molecule has 0 radical (unpaired) electrons. The summed E-state index contributed by atoms with van der Waals surface area (Å²) in [5, 5.41) is 32.4. The van der Waals surface area contributed by atoms with Crippen molar-refractivity contribution >= 4 is 22.8 Å². The van der Waals surface area contributed by atoms with Crippen LogP contribution in [0.2, 0.25) is 0 Å². The topological polar surface area (TPSA) is 190 Å². The van der Waals surface area contributed by atoms with Gasteiger partial charge in [0.25, 0.3) is 0 Å². The molecule has 7 rings (SSSR count). The third-order valence-corrected chi connectivity index (χ3v) is 11.9. The predicted octanol–water partition coefficient (Wildman–Crippen LogP) is 5.30. The molecule has 7 atom stereocenters. The van der Waals surface area contributed by atoms with E-state index in [1.807, 2.05) is 26.0 Å². The zero-order chi connectivity index (χ0) is 42.5. The Balaban J connectivity index is 0.000000330. The lowest BCUT2D eigenvalue weighted by atomic mass is 9.63. The smallest absolute Gasteiger partial charge is 0.338 e. The molecule has 3 heterocycles. The van der Waals surface area contributed by atoms with E-state index in [-0.39, 0.29) is 40.9 Å². The number of piperidine rings is 1. The molecule has 3 aliphatic rings. The van der Waals surface area contributed by atoms with Crippen molar-refractivity contribution in [3.05, 3.63) is 70.9 Å². The Kier molecular flexibility index (Phi) is 13.8. The number of aliphatic hydroxyl groups is 1. The molecule has 0 amide bonds. The maximum Gasteiger partial charge on any atom is 0.338 e. The molecule has 4 aromatic rings. The lowest BCUT2D eigenvalue weighted by Crippen LogP contribution is -2.58. The summed E-state index contributed by atoms with van der Waals surface area (Å²) in [6, 6.07) is 14.0. The highest BCUT2D eigenvalue weighted by Gasteiger charge is 2.54. The number of nitrogens with one attached hydrogen (secondary N) is 2. The second-order valence-corrected chi connectivity index (χ2v) is 15.5. The van der Waals surface area contributed by atoms with E-state index >= 15 is 0 Å². The van der Waals surface area contributed by atoms with Crippen LogP contribution in [0, 0.1) is 17.8 Å². The van der Waals surface area contributed by atoms with E-state index in [9.17, 15) is 19.8 Å². The fraction of sp³-hybridized carbons (Fsp3) is 0.500. The lowest BCUT2D eigenvalue weighted by molar-refractivity contribution is -0.176. The van der Waals surface area contributed by atoms with Gasteiger partial charge in [-0.1, -0.05) is 19.9 Å². The summed E-state index contributed by atoms with van der Waals surface area (Å²) in [7, 11) is 9.10. The number of fused-ring (bicyclic) bond motifs is 6. The van der Waals surface area contributed by atoms with Gasteiger partial charge in [-0.3, -0.25) is 9.69 Å². The Morgan fingerprint density at radius 2 is 1.63 bits per heavy atom. The molecule has 1 aliphatic carbocycles. The molecule has 59 heavy (non-hydrogen) atoms. The van der Waals surface area contributed by atoms with Gasteiger partial charge in [-0.25, -0.2) is 4.79 Å². The van der Waals surface area contributed by atoms with Crippen LogP contribution >= 0.6 is 0 Å². The SMILES string of the molecule is CC(C)NCC(O)c1ccc(O)c(O)c1.COC(=O)[C@H]1[C@H]2C[C@@H]3c4[nH]c5cc(OC)ccc5c4CCN3C[C@H]2C[C@@H](OC(=O)c2cc(OC)c(OC)c(OC)c2)[C@@H]1OC. The summed E-state index contributed by atoms with van der Waals surface area (Å²) in [5.41, 5.74) is 4.41. The number of carbonyl (C=O) groups excluding carboxylic acids is 2. The lowest BCUT2D eigenvalue weighted by Gasteiger charge is -2.52. The van der Waals surface area contributed by atoms with Gasteiger partial charge in [0.2, 0.25) is 5.75 Å². The van der Waals surface area contributed by atoms with Gasteiger partial charge in [-0.05, 0) is 78.6 Å². The minimum atomic E-state index is -0.682. The Morgan fingerprint density at radius 1 is 0.898 bits per heavy atom. The average Bonchev–Trinajstić information content (AvgIpc) is 3.63. The molecule has 320 valence electrons. The van der Waals surface area contributed by atoms with E-state index in [0.717, 1.165) is 37.2 Å². The largest absolute Gasteiger partial charge is 0.504 e. The highest BCUT2D eigenvalue weighted by Crippen LogP contribution is 2.51. The number of nitrogens with zero attached hydrogens (tertiary/aromatic N) is 1. The Bertz CT molecular complexity index is 2080. The molecule has 1 aromatic heterocycles. The highest BCUT2D eigenvalue weighted by atomic mass is 16.6. The summed E-state index contributed by atoms with van der Waals surface area (Å²) in [6.45, 7) is 6.08. The standard InChI is InChI=1S/C33H40N2O9.C11H17NO3/c1-38-19-7-8-20-21-9-10-35-16-18-13-27(44-32(36)17-11-25(39-2)30(41-4)26(12-17)40-3)31(42-5)28(33(37)43-6)22(18)15-24(35)29(21)34-23(20)14-19;1-7(2)12-6-11(15)8-3-4-9(13)10(14)5-8/h7-8,11-12,14,18,22,24,27-28,31,34H,9-10,13,15-16H2,1-6H3;3-5,7,11-15H,6H2,1-2H3/t18-,22+,24-,27-,28+,31+;/m1./s1. The van der Waals surface area contributed by atoms with Crippen LogP contribution in [0.25, 0.3) is 10.9 Å². The van der Waals surface area contributed by atoms with Crippen LogP contribution in [0.4, 0.5) is 0 Å². The molecule has 0 bridgehead atoms. The number of methoxy groups -OCH3 is 6. The third kappa shape index (κ3) is 9.03. The molecule has 1 unspecified atom stereocenters. The number of aromatic amines is 1. The molecule has 1 saturated heterocycles. The maximum absolute atomic E-state index is 13.5. The van der Waals surface area contributed by atoms with Crippen molar-refractivity contribution in [1.82, 2.24) is 15.2 Å². The molecule has 2 fully saturated rings. The number of esters is 2. The molecular weight excluding hydrogens is 762 g/mol. The minimum absolute atomic E-state index is 0.0170. The van der Waals surface area contributed by atoms with Crippen LogP contribution in [-0.4, -0.2) is 118 Å². The zero-order valence-electron chi connectivity index (χ0n) is 34.9. The Labute approximate surface area is 344 Å². The van der Waals surface area contributed by atoms with E-state index in [1.165, 1.54) is 57.2 Å². The van der Waals surface area contributed by atoms with Crippen LogP contribution in [0.15, 0.2) is 48.5 Å². The number of hydrogen-bond acceptors (Lipinski definition) is 14. The Morgan fingerprint density at radius 3 is 2.24 bits per heavy atom. The van der Waals surface area contributed by atoms with Gasteiger partial charge in [0.15, 0.2) is 23.0 Å².